The molecule has 1 aromatic carbocycles. The molecule has 0 aliphatic heterocycles. The summed E-state index contributed by atoms with van der Waals surface area (Å²) in [6.07, 6.45) is 2.01. The van der Waals surface area contributed by atoms with Crippen molar-refractivity contribution in [1.82, 2.24) is 29.7 Å². The summed E-state index contributed by atoms with van der Waals surface area (Å²) < 4.78 is 33.8. The van der Waals surface area contributed by atoms with Gasteiger partial charge in [0.2, 0.25) is 11.8 Å². The fourth-order valence-electron chi connectivity index (χ4n) is 3.37. The van der Waals surface area contributed by atoms with E-state index in [2.05, 4.69) is 29.9 Å². The smallest absolute Gasteiger partial charge is 0.241 e. The number of aryl methyl sites for hydroxylation is 1. The molecule has 2 unspecified atom stereocenters. The standard InChI is InChI=1S/C23H25N7O5S.C2H6/c1-14-11-24-21(25-12-14)16(31)13-36(32)29-23-28-27-22(15-7-5-10-19(26-15)35-4)30(23)20-17(33-2)8-6-9-18(20)34-3;1-2/h5-12,16,31H,13H2,1-4H3,(H,28,29);1-2H3. The van der Waals surface area contributed by atoms with Crippen LogP contribution in [0.15, 0.2) is 48.8 Å². The van der Waals surface area contributed by atoms with Crippen LogP contribution in [0.25, 0.3) is 17.2 Å². The third kappa shape index (κ3) is 6.42. The van der Waals surface area contributed by atoms with Gasteiger partial charge in [-0.15, -0.1) is 10.2 Å². The van der Waals surface area contributed by atoms with Gasteiger partial charge in [0, 0.05) is 18.5 Å². The van der Waals surface area contributed by atoms with E-state index in [0.717, 1.165) is 5.56 Å². The van der Waals surface area contributed by atoms with Crippen molar-refractivity contribution in [2.45, 2.75) is 26.9 Å². The van der Waals surface area contributed by atoms with Gasteiger partial charge in [-0.05, 0) is 30.7 Å². The summed E-state index contributed by atoms with van der Waals surface area (Å²) in [5, 5.41) is 19.0. The largest absolute Gasteiger partial charge is 0.494 e. The molecule has 2 N–H and O–H groups in total. The van der Waals surface area contributed by atoms with Gasteiger partial charge in [-0.25, -0.2) is 19.2 Å². The molecule has 0 saturated heterocycles. The van der Waals surface area contributed by atoms with Crippen LogP contribution in [0.5, 0.6) is 17.4 Å². The maximum atomic E-state index is 13.0. The van der Waals surface area contributed by atoms with E-state index < -0.39 is 17.1 Å². The summed E-state index contributed by atoms with van der Waals surface area (Å²) in [6.45, 7) is 5.84. The molecule has 0 aliphatic rings. The molecule has 0 fully saturated rings. The highest BCUT2D eigenvalue weighted by Gasteiger charge is 2.25. The Morgan fingerprint density at radius 3 is 2.21 bits per heavy atom. The van der Waals surface area contributed by atoms with E-state index >= 15 is 0 Å². The van der Waals surface area contributed by atoms with E-state index in [9.17, 15) is 9.32 Å². The van der Waals surface area contributed by atoms with Crippen molar-refractivity contribution in [2.24, 2.45) is 0 Å². The highest BCUT2D eigenvalue weighted by molar-refractivity contribution is 7.86. The lowest BCUT2D eigenvalue weighted by atomic mass is 10.2. The second-order valence-electron chi connectivity index (χ2n) is 7.51. The zero-order chi connectivity index (χ0) is 27.7. The van der Waals surface area contributed by atoms with Gasteiger partial charge in [-0.3, -0.25) is 9.29 Å². The van der Waals surface area contributed by atoms with Crippen molar-refractivity contribution in [2.75, 3.05) is 31.8 Å². The molecule has 4 aromatic rings. The van der Waals surface area contributed by atoms with Gasteiger partial charge in [-0.2, -0.15) is 0 Å². The first-order valence-electron chi connectivity index (χ1n) is 11.7. The first-order valence-corrected chi connectivity index (χ1v) is 13.1. The van der Waals surface area contributed by atoms with Crippen LogP contribution < -0.4 is 18.9 Å². The van der Waals surface area contributed by atoms with Crippen LogP contribution in [0.4, 0.5) is 5.95 Å². The minimum absolute atomic E-state index is 0.118. The molecule has 0 spiro atoms. The van der Waals surface area contributed by atoms with Crippen LogP contribution in [-0.2, 0) is 11.0 Å². The Morgan fingerprint density at radius 1 is 0.974 bits per heavy atom. The minimum Gasteiger partial charge on any atom is -0.494 e. The van der Waals surface area contributed by atoms with Crippen LogP contribution in [-0.4, -0.2) is 66.1 Å². The number of aromatic nitrogens is 6. The summed E-state index contributed by atoms with van der Waals surface area (Å²) in [7, 11) is 2.77. The van der Waals surface area contributed by atoms with Crippen LogP contribution >= 0.6 is 0 Å². The minimum atomic E-state index is -1.79. The molecule has 3 aromatic heterocycles. The number of pyridine rings is 1. The van der Waals surface area contributed by atoms with E-state index in [1.54, 1.807) is 53.4 Å². The second-order valence-corrected chi connectivity index (χ2v) is 8.74. The van der Waals surface area contributed by atoms with Crippen molar-refractivity contribution in [3.8, 4) is 34.6 Å². The summed E-state index contributed by atoms with van der Waals surface area (Å²) in [6, 6.07) is 10.5. The van der Waals surface area contributed by atoms with Gasteiger partial charge in [-0.1, -0.05) is 26.0 Å². The lowest BCUT2D eigenvalue weighted by molar-refractivity contribution is 0.192. The van der Waals surface area contributed by atoms with E-state index in [1.165, 1.54) is 21.3 Å². The van der Waals surface area contributed by atoms with Gasteiger partial charge in [0.1, 0.15) is 40.0 Å². The Labute approximate surface area is 223 Å². The predicted octanol–water partition coefficient (Wildman–Crippen LogP) is 3.29. The Morgan fingerprint density at radius 2 is 1.61 bits per heavy atom. The van der Waals surface area contributed by atoms with Gasteiger partial charge >= 0.3 is 0 Å². The van der Waals surface area contributed by atoms with Gasteiger partial charge in [0.15, 0.2) is 11.6 Å². The fourth-order valence-corrected chi connectivity index (χ4v) is 4.22. The van der Waals surface area contributed by atoms with Gasteiger partial charge in [0.05, 0.1) is 27.1 Å². The van der Waals surface area contributed by atoms with Crippen molar-refractivity contribution in [3.63, 3.8) is 0 Å². The number of benzene rings is 1. The van der Waals surface area contributed by atoms with Crippen molar-refractivity contribution < 1.29 is 23.5 Å². The van der Waals surface area contributed by atoms with Gasteiger partial charge < -0.3 is 19.3 Å². The average Bonchev–Trinajstić information content (AvgIpc) is 3.36. The molecule has 3 heterocycles. The first-order chi connectivity index (χ1) is 18.4. The fraction of sp³-hybridized carbons (Fsp3) is 0.320. The van der Waals surface area contributed by atoms with E-state index in [-0.39, 0.29) is 17.5 Å². The average molecular weight is 542 g/mol. The highest BCUT2D eigenvalue weighted by Crippen LogP contribution is 2.37. The molecule has 12 nitrogen and oxygen atoms in total. The maximum Gasteiger partial charge on any atom is 0.241 e. The number of aliphatic hydroxyl groups excluding tert-OH is 1. The van der Waals surface area contributed by atoms with Crippen molar-refractivity contribution >= 4 is 16.9 Å². The molecule has 2 atom stereocenters. The number of para-hydroxylation sites is 1. The van der Waals surface area contributed by atoms with Crippen molar-refractivity contribution in [1.29, 1.82) is 0 Å². The molecule has 0 saturated carbocycles. The third-order valence-electron chi connectivity index (χ3n) is 5.06. The third-order valence-corrected chi connectivity index (χ3v) is 6.09. The van der Waals surface area contributed by atoms with Crippen LogP contribution in [0.2, 0.25) is 0 Å². The lowest BCUT2D eigenvalue weighted by Gasteiger charge is -2.17. The van der Waals surface area contributed by atoms with E-state index in [4.69, 9.17) is 14.2 Å². The normalized spacial score (nSPS) is 12.1. The Balaban J connectivity index is 0.00000195. The Bertz CT molecular complexity index is 1340. The Hall–Kier alpha value is -4.10. The number of anilines is 1. The van der Waals surface area contributed by atoms with Gasteiger partial charge in [0.25, 0.3) is 0 Å². The van der Waals surface area contributed by atoms with E-state index in [1.807, 2.05) is 20.8 Å². The molecule has 0 amide bonds. The van der Waals surface area contributed by atoms with Crippen LogP contribution in [0, 0.1) is 6.92 Å². The first kappa shape index (κ1) is 28.5. The molecule has 0 aliphatic carbocycles. The number of methoxy groups -OCH3 is 3. The van der Waals surface area contributed by atoms with Crippen LogP contribution in [0.1, 0.15) is 31.3 Å². The number of hydrogen-bond donors (Lipinski definition) is 2. The summed E-state index contributed by atoms with van der Waals surface area (Å²) in [5.74, 6) is 1.72. The number of nitrogens with one attached hydrogen (secondary N) is 1. The molecular formula is C25H31N7O5S. The highest BCUT2D eigenvalue weighted by atomic mass is 32.2. The monoisotopic (exact) mass is 541 g/mol. The van der Waals surface area contributed by atoms with Crippen molar-refractivity contribution in [3.05, 3.63) is 60.2 Å². The zero-order valence-electron chi connectivity index (χ0n) is 22.1. The molecule has 38 heavy (non-hydrogen) atoms. The topological polar surface area (TPSA) is 146 Å². The number of rotatable bonds is 10. The molecule has 4 rings (SSSR count). The summed E-state index contributed by atoms with van der Waals surface area (Å²) in [4.78, 5) is 12.7. The maximum absolute atomic E-state index is 13.0. The number of hydrogen-bond acceptors (Lipinski definition) is 10. The summed E-state index contributed by atoms with van der Waals surface area (Å²) >= 11 is 0. The lowest BCUT2D eigenvalue weighted by Crippen LogP contribution is -2.19. The molecule has 0 radical (unpaired) electrons. The van der Waals surface area contributed by atoms with E-state index in [0.29, 0.717) is 34.6 Å². The SMILES string of the molecule is CC.COc1cccc(-c2nnc(NS(=O)CC(O)c3ncc(C)cn3)n2-c2c(OC)cccc2OC)n1. The zero-order valence-corrected chi connectivity index (χ0v) is 22.9. The number of ether oxygens (including phenoxy) is 3. The summed E-state index contributed by atoms with van der Waals surface area (Å²) in [5.41, 5.74) is 1.76. The molecule has 13 heteroatoms. The second kappa shape index (κ2) is 13.4. The molecule has 202 valence electrons. The quantitative estimate of drug-likeness (QED) is 0.307. The molecular weight excluding hydrogens is 510 g/mol. The molecule has 0 bridgehead atoms. The Kier molecular flexibility index (Phi) is 10.1. The number of nitrogens with zero attached hydrogens (tertiary/aromatic N) is 6. The van der Waals surface area contributed by atoms with Crippen LogP contribution in [0.3, 0.4) is 0 Å². The number of aliphatic hydroxyl groups is 1. The predicted molar refractivity (Wildman–Crippen MR) is 144 cm³/mol.